The molecule has 0 spiro atoms. The van der Waals surface area contributed by atoms with Crippen molar-refractivity contribution in [2.24, 2.45) is 0 Å². The highest BCUT2D eigenvalue weighted by molar-refractivity contribution is 7.14. The van der Waals surface area contributed by atoms with Crippen molar-refractivity contribution >= 4 is 45.4 Å². The molecule has 0 aliphatic heterocycles. The van der Waals surface area contributed by atoms with Gasteiger partial charge in [0, 0.05) is 16.0 Å². The monoisotopic (exact) mass is 321 g/mol. The number of rotatable bonds is 3. The predicted molar refractivity (Wildman–Crippen MR) is 85.1 cm³/mol. The van der Waals surface area contributed by atoms with E-state index in [-0.39, 0.29) is 0 Å². The van der Waals surface area contributed by atoms with E-state index in [4.69, 9.17) is 23.2 Å². The van der Waals surface area contributed by atoms with Gasteiger partial charge in [-0.25, -0.2) is 9.97 Å². The van der Waals surface area contributed by atoms with Crippen molar-refractivity contribution < 1.29 is 0 Å². The Morgan fingerprint density at radius 1 is 1.00 bits per heavy atom. The highest BCUT2D eigenvalue weighted by Gasteiger charge is 2.05. The number of hydrogen-bond donors (Lipinski definition) is 1. The molecule has 3 nitrogen and oxygen atoms in total. The van der Waals surface area contributed by atoms with E-state index in [0.29, 0.717) is 5.15 Å². The molecule has 3 rings (SSSR count). The fraction of sp³-hybridized carbons (Fsp3) is 0. The van der Waals surface area contributed by atoms with Crippen molar-refractivity contribution in [2.75, 3.05) is 5.32 Å². The molecular formula is C14H9Cl2N3S. The number of aromatic nitrogens is 2. The molecule has 2 heterocycles. The Labute approximate surface area is 130 Å². The topological polar surface area (TPSA) is 37.8 Å². The molecule has 0 unspecified atom stereocenters. The maximum Gasteiger partial charge on any atom is 0.187 e. The average molecular weight is 322 g/mol. The second-order valence-corrected chi connectivity index (χ2v) is 5.72. The van der Waals surface area contributed by atoms with Crippen molar-refractivity contribution in [2.45, 2.75) is 0 Å². The molecule has 0 saturated carbocycles. The zero-order valence-corrected chi connectivity index (χ0v) is 12.5. The summed E-state index contributed by atoms with van der Waals surface area (Å²) in [5, 5.41) is 7.18. The third-order valence-corrected chi connectivity index (χ3v) is 3.86. The van der Waals surface area contributed by atoms with Crippen LogP contribution in [0.15, 0.2) is 48.0 Å². The third kappa shape index (κ3) is 3.10. The quantitative estimate of drug-likeness (QED) is 0.669. The molecule has 0 bridgehead atoms. The summed E-state index contributed by atoms with van der Waals surface area (Å²) in [5.74, 6) is 0. The molecule has 0 atom stereocenters. The lowest BCUT2D eigenvalue weighted by Gasteiger charge is -2.01. The Bertz CT molecular complexity index is 708. The third-order valence-electron chi connectivity index (χ3n) is 2.62. The molecule has 0 saturated heterocycles. The maximum atomic E-state index is 5.88. The lowest BCUT2D eigenvalue weighted by Crippen LogP contribution is -1.90. The van der Waals surface area contributed by atoms with Crippen molar-refractivity contribution in [3.05, 3.63) is 58.2 Å². The summed E-state index contributed by atoms with van der Waals surface area (Å²) in [6, 6.07) is 11.2. The number of thiazole rings is 1. The lowest BCUT2D eigenvalue weighted by molar-refractivity contribution is 1.31. The molecule has 20 heavy (non-hydrogen) atoms. The second-order valence-electron chi connectivity index (χ2n) is 4.04. The van der Waals surface area contributed by atoms with Gasteiger partial charge >= 0.3 is 0 Å². The summed E-state index contributed by atoms with van der Waals surface area (Å²) in [7, 11) is 0. The molecule has 0 radical (unpaired) electrons. The van der Waals surface area contributed by atoms with E-state index < -0.39 is 0 Å². The molecule has 3 aromatic rings. The standard InChI is InChI=1S/C14H9Cl2N3S/c15-10-3-1-9(2-4-10)12-8-20-14(19-12)18-11-5-6-13(16)17-7-11/h1-8H,(H,18,19). The second kappa shape index (κ2) is 5.79. The average Bonchev–Trinajstić information content (AvgIpc) is 2.91. The Morgan fingerprint density at radius 3 is 2.50 bits per heavy atom. The van der Waals surface area contributed by atoms with Gasteiger partial charge in [-0.05, 0) is 24.3 Å². The summed E-state index contributed by atoms with van der Waals surface area (Å²) < 4.78 is 0. The largest absolute Gasteiger partial charge is 0.330 e. The number of anilines is 2. The van der Waals surface area contributed by atoms with Gasteiger partial charge in [-0.1, -0.05) is 35.3 Å². The van der Waals surface area contributed by atoms with Gasteiger partial charge in [0.2, 0.25) is 0 Å². The van der Waals surface area contributed by atoms with Crippen LogP contribution in [0.3, 0.4) is 0 Å². The summed E-state index contributed by atoms with van der Waals surface area (Å²) >= 11 is 13.2. The number of nitrogens with one attached hydrogen (secondary N) is 1. The normalized spacial score (nSPS) is 10.5. The number of benzene rings is 1. The lowest BCUT2D eigenvalue weighted by atomic mass is 10.2. The van der Waals surface area contributed by atoms with Crippen LogP contribution in [0.1, 0.15) is 0 Å². The summed E-state index contributed by atoms with van der Waals surface area (Å²) in [4.78, 5) is 8.55. The molecular weight excluding hydrogens is 313 g/mol. The van der Waals surface area contributed by atoms with Crippen LogP contribution in [-0.2, 0) is 0 Å². The zero-order chi connectivity index (χ0) is 13.9. The number of hydrogen-bond acceptors (Lipinski definition) is 4. The molecule has 0 fully saturated rings. The maximum absolute atomic E-state index is 5.88. The van der Waals surface area contributed by atoms with Crippen molar-refractivity contribution in [3.63, 3.8) is 0 Å². The SMILES string of the molecule is Clc1ccc(-c2csc(Nc3ccc(Cl)nc3)n2)cc1. The van der Waals surface area contributed by atoms with E-state index in [1.54, 1.807) is 12.3 Å². The van der Waals surface area contributed by atoms with E-state index in [1.807, 2.05) is 35.7 Å². The molecule has 1 aromatic carbocycles. The van der Waals surface area contributed by atoms with Gasteiger partial charge in [0.15, 0.2) is 5.13 Å². The molecule has 100 valence electrons. The predicted octanol–water partition coefficient (Wildman–Crippen LogP) is 5.26. The van der Waals surface area contributed by atoms with E-state index >= 15 is 0 Å². The van der Waals surface area contributed by atoms with Crippen LogP contribution in [0.5, 0.6) is 0 Å². The van der Waals surface area contributed by atoms with Crippen LogP contribution in [0.2, 0.25) is 10.2 Å². The molecule has 1 N–H and O–H groups in total. The summed E-state index contributed by atoms with van der Waals surface area (Å²) in [6.07, 6.45) is 1.67. The van der Waals surface area contributed by atoms with Gasteiger partial charge in [-0.2, -0.15) is 0 Å². The van der Waals surface area contributed by atoms with Crippen LogP contribution in [0, 0.1) is 0 Å². The minimum atomic E-state index is 0.469. The summed E-state index contributed by atoms with van der Waals surface area (Å²) in [6.45, 7) is 0. The first kappa shape index (κ1) is 13.4. The first-order valence-electron chi connectivity index (χ1n) is 5.81. The Hall–Kier alpha value is -1.62. The molecule has 6 heteroatoms. The molecule has 0 aliphatic carbocycles. The zero-order valence-electron chi connectivity index (χ0n) is 10.2. The molecule has 2 aromatic heterocycles. The van der Waals surface area contributed by atoms with E-state index in [2.05, 4.69) is 15.3 Å². The minimum Gasteiger partial charge on any atom is -0.330 e. The van der Waals surface area contributed by atoms with Gasteiger partial charge < -0.3 is 5.32 Å². The highest BCUT2D eigenvalue weighted by Crippen LogP contribution is 2.27. The first-order valence-corrected chi connectivity index (χ1v) is 7.44. The van der Waals surface area contributed by atoms with Crippen LogP contribution >= 0.6 is 34.5 Å². The number of nitrogens with zero attached hydrogens (tertiary/aromatic N) is 2. The van der Waals surface area contributed by atoms with Crippen LogP contribution in [-0.4, -0.2) is 9.97 Å². The molecule has 0 aliphatic rings. The van der Waals surface area contributed by atoms with Crippen LogP contribution in [0.25, 0.3) is 11.3 Å². The van der Waals surface area contributed by atoms with Gasteiger partial charge in [0.25, 0.3) is 0 Å². The van der Waals surface area contributed by atoms with Crippen LogP contribution < -0.4 is 5.32 Å². The van der Waals surface area contributed by atoms with Gasteiger partial charge in [0.1, 0.15) is 5.15 Å². The number of halogens is 2. The Balaban J connectivity index is 1.80. The van der Waals surface area contributed by atoms with Gasteiger partial charge in [0.05, 0.1) is 17.6 Å². The van der Waals surface area contributed by atoms with Gasteiger partial charge in [-0.15, -0.1) is 11.3 Å². The van der Waals surface area contributed by atoms with E-state index in [0.717, 1.165) is 27.1 Å². The fourth-order valence-corrected chi connectivity index (χ4v) is 2.64. The smallest absolute Gasteiger partial charge is 0.187 e. The minimum absolute atomic E-state index is 0.469. The fourth-order valence-electron chi connectivity index (χ4n) is 1.66. The van der Waals surface area contributed by atoms with Crippen molar-refractivity contribution in [1.29, 1.82) is 0 Å². The summed E-state index contributed by atoms with van der Waals surface area (Å²) in [5.41, 5.74) is 2.80. The van der Waals surface area contributed by atoms with Crippen molar-refractivity contribution in [3.8, 4) is 11.3 Å². The first-order chi connectivity index (χ1) is 9.70. The highest BCUT2D eigenvalue weighted by atomic mass is 35.5. The van der Waals surface area contributed by atoms with E-state index in [1.165, 1.54) is 11.3 Å². The molecule has 0 amide bonds. The number of pyridine rings is 1. The Morgan fingerprint density at radius 2 is 1.80 bits per heavy atom. The Kier molecular flexibility index (Phi) is 3.87. The van der Waals surface area contributed by atoms with Gasteiger partial charge in [-0.3, -0.25) is 0 Å². The van der Waals surface area contributed by atoms with Crippen LogP contribution in [0.4, 0.5) is 10.8 Å². The van der Waals surface area contributed by atoms with Crippen molar-refractivity contribution in [1.82, 2.24) is 9.97 Å². The van der Waals surface area contributed by atoms with E-state index in [9.17, 15) is 0 Å².